The van der Waals surface area contributed by atoms with E-state index in [9.17, 15) is 0 Å². The molecule has 0 saturated heterocycles. The van der Waals surface area contributed by atoms with E-state index in [1.807, 2.05) is 7.05 Å². The van der Waals surface area contributed by atoms with Gasteiger partial charge in [0.05, 0.1) is 0 Å². The number of halogens is 1. The van der Waals surface area contributed by atoms with Gasteiger partial charge in [-0.15, -0.1) is 0 Å². The predicted molar refractivity (Wildman–Crippen MR) is 85.6 cm³/mol. The molecule has 0 aliphatic carbocycles. The zero-order valence-corrected chi connectivity index (χ0v) is 13.3. The molecule has 1 nitrogen and oxygen atoms in total. The average Bonchev–Trinajstić information content (AvgIpc) is 2.40. The zero-order chi connectivity index (χ0) is 13.8. The minimum absolute atomic E-state index is 0.347. The largest absolute Gasteiger partial charge is 0.313 e. The summed E-state index contributed by atoms with van der Waals surface area (Å²) >= 11 is 3.61. The van der Waals surface area contributed by atoms with Gasteiger partial charge in [0.2, 0.25) is 0 Å². The van der Waals surface area contributed by atoms with Gasteiger partial charge in [-0.1, -0.05) is 57.9 Å². The summed E-state index contributed by atoms with van der Waals surface area (Å²) in [7, 11) is 2.03. The summed E-state index contributed by atoms with van der Waals surface area (Å²) in [5.74, 6) is 0. The van der Waals surface area contributed by atoms with E-state index in [0.717, 1.165) is 6.42 Å². The van der Waals surface area contributed by atoms with Crippen LogP contribution in [0.3, 0.4) is 0 Å². The topological polar surface area (TPSA) is 12.0 Å². The molecule has 0 spiro atoms. The van der Waals surface area contributed by atoms with Crippen LogP contribution in [-0.4, -0.2) is 7.05 Å². The molecule has 2 rings (SSSR count). The van der Waals surface area contributed by atoms with E-state index in [1.54, 1.807) is 0 Å². The predicted octanol–water partition coefficient (Wildman–Crippen LogP) is 4.57. The first kappa shape index (κ1) is 14.3. The Morgan fingerprint density at radius 1 is 1.11 bits per heavy atom. The molecule has 1 N–H and O–H groups in total. The fraction of sp³-hybridized carbons (Fsp3) is 0.294. The Balaban J connectivity index is 2.28. The number of hydrogen-bond donors (Lipinski definition) is 1. The molecule has 0 fully saturated rings. The second-order valence-corrected chi connectivity index (χ2v) is 5.84. The van der Waals surface area contributed by atoms with E-state index < -0.39 is 0 Å². The van der Waals surface area contributed by atoms with Gasteiger partial charge < -0.3 is 5.32 Å². The summed E-state index contributed by atoms with van der Waals surface area (Å²) in [6, 6.07) is 15.5. The number of rotatable bonds is 4. The Morgan fingerprint density at radius 3 is 2.53 bits per heavy atom. The Kier molecular flexibility index (Phi) is 4.78. The minimum Gasteiger partial charge on any atom is -0.313 e. The standard InChI is InChI=1S/C17H20BrN/c1-12-6-4-7-14(10-12)11-17(19-3)15-8-5-9-16(18)13(15)2/h4-10,17,19H,11H2,1-3H3. The molecule has 2 aromatic rings. The molecule has 0 amide bonds. The monoisotopic (exact) mass is 317 g/mol. The summed E-state index contributed by atoms with van der Waals surface area (Å²) in [4.78, 5) is 0. The van der Waals surface area contributed by atoms with Gasteiger partial charge in [-0.3, -0.25) is 0 Å². The number of aryl methyl sites for hydroxylation is 1. The first-order valence-electron chi connectivity index (χ1n) is 6.59. The van der Waals surface area contributed by atoms with Crippen LogP contribution in [0, 0.1) is 13.8 Å². The van der Waals surface area contributed by atoms with Crippen molar-refractivity contribution in [2.24, 2.45) is 0 Å². The van der Waals surface area contributed by atoms with Crippen molar-refractivity contribution in [3.8, 4) is 0 Å². The number of benzene rings is 2. The van der Waals surface area contributed by atoms with Crippen molar-refractivity contribution in [1.29, 1.82) is 0 Å². The number of likely N-dealkylation sites (N-methyl/N-ethyl adjacent to an activating group) is 1. The molecule has 2 heteroatoms. The molecule has 0 bridgehead atoms. The first-order valence-corrected chi connectivity index (χ1v) is 7.39. The van der Waals surface area contributed by atoms with E-state index in [0.29, 0.717) is 6.04 Å². The van der Waals surface area contributed by atoms with Crippen molar-refractivity contribution in [1.82, 2.24) is 5.32 Å². The lowest BCUT2D eigenvalue weighted by Crippen LogP contribution is -2.20. The average molecular weight is 318 g/mol. The Morgan fingerprint density at radius 2 is 1.84 bits per heavy atom. The Hall–Kier alpha value is -1.12. The van der Waals surface area contributed by atoms with Crippen molar-refractivity contribution in [2.75, 3.05) is 7.05 Å². The van der Waals surface area contributed by atoms with Crippen molar-refractivity contribution < 1.29 is 0 Å². The van der Waals surface area contributed by atoms with Crippen LogP contribution in [0.25, 0.3) is 0 Å². The molecule has 0 aliphatic rings. The lowest BCUT2D eigenvalue weighted by Gasteiger charge is -2.20. The quantitative estimate of drug-likeness (QED) is 0.871. The SMILES string of the molecule is CNC(Cc1cccc(C)c1)c1cccc(Br)c1C. The van der Waals surface area contributed by atoms with Crippen LogP contribution in [0.1, 0.15) is 28.3 Å². The molecule has 1 atom stereocenters. The summed E-state index contributed by atoms with van der Waals surface area (Å²) in [5.41, 5.74) is 5.37. The third-order valence-electron chi connectivity index (χ3n) is 3.56. The highest BCUT2D eigenvalue weighted by molar-refractivity contribution is 9.10. The first-order chi connectivity index (χ1) is 9.11. The van der Waals surface area contributed by atoms with Crippen LogP contribution in [0.15, 0.2) is 46.9 Å². The highest BCUT2D eigenvalue weighted by Gasteiger charge is 2.13. The summed E-state index contributed by atoms with van der Waals surface area (Å²) < 4.78 is 1.18. The molecule has 0 aliphatic heterocycles. The molecule has 0 saturated carbocycles. The number of hydrogen-bond acceptors (Lipinski definition) is 1. The maximum Gasteiger partial charge on any atom is 0.0361 e. The van der Waals surface area contributed by atoms with Gasteiger partial charge in [0.15, 0.2) is 0 Å². The second-order valence-electron chi connectivity index (χ2n) is 4.99. The van der Waals surface area contributed by atoms with E-state index in [1.165, 1.54) is 26.7 Å². The van der Waals surface area contributed by atoms with Crippen LogP contribution >= 0.6 is 15.9 Å². The zero-order valence-electron chi connectivity index (χ0n) is 11.7. The highest BCUT2D eigenvalue weighted by Crippen LogP contribution is 2.26. The smallest absolute Gasteiger partial charge is 0.0361 e. The molecular formula is C17H20BrN. The Bertz CT molecular complexity index is 563. The fourth-order valence-electron chi connectivity index (χ4n) is 2.44. The minimum atomic E-state index is 0.347. The molecule has 0 aromatic heterocycles. The van der Waals surface area contributed by atoms with Crippen LogP contribution in [0.4, 0.5) is 0 Å². The van der Waals surface area contributed by atoms with Gasteiger partial charge in [0, 0.05) is 10.5 Å². The second kappa shape index (κ2) is 6.36. The summed E-state index contributed by atoms with van der Waals surface area (Å²) in [6.45, 7) is 4.31. The number of nitrogens with one attached hydrogen (secondary N) is 1. The van der Waals surface area contributed by atoms with E-state index in [-0.39, 0.29) is 0 Å². The van der Waals surface area contributed by atoms with E-state index >= 15 is 0 Å². The lowest BCUT2D eigenvalue weighted by atomic mass is 9.95. The molecule has 100 valence electrons. The molecule has 19 heavy (non-hydrogen) atoms. The summed E-state index contributed by atoms with van der Waals surface area (Å²) in [6.07, 6.45) is 1.01. The molecule has 2 aromatic carbocycles. The van der Waals surface area contributed by atoms with Gasteiger partial charge in [0.25, 0.3) is 0 Å². The maximum absolute atomic E-state index is 3.61. The van der Waals surface area contributed by atoms with Gasteiger partial charge in [-0.2, -0.15) is 0 Å². The van der Waals surface area contributed by atoms with Crippen LogP contribution in [0.5, 0.6) is 0 Å². The van der Waals surface area contributed by atoms with E-state index in [2.05, 4.69) is 77.6 Å². The van der Waals surface area contributed by atoms with Gasteiger partial charge >= 0.3 is 0 Å². The third-order valence-corrected chi connectivity index (χ3v) is 4.41. The van der Waals surface area contributed by atoms with Gasteiger partial charge in [-0.25, -0.2) is 0 Å². The summed E-state index contributed by atoms with van der Waals surface area (Å²) in [5, 5.41) is 3.43. The lowest BCUT2D eigenvalue weighted by molar-refractivity contribution is 0.588. The molecule has 0 radical (unpaired) electrons. The van der Waals surface area contributed by atoms with E-state index in [4.69, 9.17) is 0 Å². The van der Waals surface area contributed by atoms with Gasteiger partial charge in [0.1, 0.15) is 0 Å². The van der Waals surface area contributed by atoms with Crippen molar-refractivity contribution in [2.45, 2.75) is 26.3 Å². The third kappa shape index (κ3) is 3.46. The van der Waals surface area contributed by atoms with Crippen molar-refractivity contribution in [3.05, 3.63) is 69.2 Å². The highest BCUT2D eigenvalue weighted by atomic mass is 79.9. The molecular weight excluding hydrogens is 298 g/mol. The van der Waals surface area contributed by atoms with Gasteiger partial charge in [-0.05, 0) is 50.1 Å². The van der Waals surface area contributed by atoms with Crippen molar-refractivity contribution >= 4 is 15.9 Å². The van der Waals surface area contributed by atoms with Crippen molar-refractivity contribution in [3.63, 3.8) is 0 Å². The normalized spacial score (nSPS) is 12.4. The van der Waals surface area contributed by atoms with Crippen LogP contribution < -0.4 is 5.32 Å². The Labute approximate surface area is 124 Å². The van der Waals surface area contributed by atoms with Crippen LogP contribution in [-0.2, 0) is 6.42 Å². The maximum atomic E-state index is 3.61. The van der Waals surface area contributed by atoms with Crippen LogP contribution in [0.2, 0.25) is 0 Å². The fourth-order valence-corrected chi connectivity index (χ4v) is 2.83. The molecule has 0 heterocycles. The molecule has 1 unspecified atom stereocenters.